The monoisotopic (exact) mass is 402 g/mol. The van der Waals surface area contributed by atoms with Gasteiger partial charge in [0.2, 0.25) is 10.0 Å². The Labute approximate surface area is 158 Å². The fourth-order valence-corrected chi connectivity index (χ4v) is 4.82. The summed E-state index contributed by atoms with van der Waals surface area (Å²) < 4.78 is 27.8. The third kappa shape index (κ3) is 4.07. The molecule has 1 aromatic heterocycles. The van der Waals surface area contributed by atoms with Gasteiger partial charge in [-0.3, -0.25) is 0 Å². The van der Waals surface area contributed by atoms with Crippen molar-refractivity contribution in [2.45, 2.75) is 17.9 Å². The van der Waals surface area contributed by atoms with E-state index in [1.807, 2.05) is 12.1 Å². The predicted molar refractivity (Wildman–Crippen MR) is 102 cm³/mol. The van der Waals surface area contributed by atoms with Crippen LogP contribution in [0.15, 0.2) is 41.4 Å². The van der Waals surface area contributed by atoms with Crippen LogP contribution in [0.3, 0.4) is 0 Å². The number of benzene rings is 1. The van der Waals surface area contributed by atoms with Crippen LogP contribution in [-0.4, -0.2) is 37.3 Å². The van der Waals surface area contributed by atoms with Crippen molar-refractivity contribution >= 4 is 39.8 Å². The van der Waals surface area contributed by atoms with Gasteiger partial charge in [0.25, 0.3) is 0 Å². The van der Waals surface area contributed by atoms with Crippen molar-refractivity contribution in [3.63, 3.8) is 0 Å². The zero-order valence-corrected chi connectivity index (χ0v) is 16.0. The van der Waals surface area contributed by atoms with Crippen molar-refractivity contribution in [2.75, 3.05) is 25.4 Å². The number of pyridine rings is 1. The van der Waals surface area contributed by atoms with Gasteiger partial charge in [-0.15, -0.1) is 12.4 Å². The molecule has 0 saturated carbocycles. The second kappa shape index (κ2) is 7.88. The summed E-state index contributed by atoms with van der Waals surface area (Å²) >= 11 is 6.07. The number of piperazine rings is 1. The van der Waals surface area contributed by atoms with Crippen molar-refractivity contribution in [2.24, 2.45) is 0 Å². The number of halogens is 2. The van der Waals surface area contributed by atoms with Gasteiger partial charge in [-0.25, -0.2) is 13.4 Å². The average molecular weight is 403 g/mol. The first-order valence-electron chi connectivity index (χ1n) is 7.60. The molecule has 6 nitrogen and oxygen atoms in total. The molecule has 136 valence electrons. The van der Waals surface area contributed by atoms with E-state index >= 15 is 0 Å². The fourth-order valence-electron chi connectivity index (χ4n) is 2.86. The van der Waals surface area contributed by atoms with E-state index in [9.17, 15) is 8.42 Å². The molecule has 1 aliphatic rings. The minimum Gasteiger partial charge on any atom is -0.383 e. The molecule has 25 heavy (non-hydrogen) atoms. The highest BCUT2D eigenvalue weighted by Crippen LogP contribution is 2.31. The van der Waals surface area contributed by atoms with Gasteiger partial charge >= 0.3 is 0 Å². The van der Waals surface area contributed by atoms with E-state index < -0.39 is 10.0 Å². The van der Waals surface area contributed by atoms with Gasteiger partial charge in [0.15, 0.2) is 0 Å². The van der Waals surface area contributed by atoms with Gasteiger partial charge in [0.1, 0.15) is 10.7 Å². The zero-order valence-electron chi connectivity index (χ0n) is 13.6. The van der Waals surface area contributed by atoms with E-state index in [4.69, 9.17) is 17.3 Å². The largest absolute Gasteiger partial charge is 0.383 e. The summed E-state index contributed by atoms with van der Waals surface area (Å²) in [5.41, 5.74) is 7.43. The first-order valence-corrected chi connectivity index (χ1v) is 9.41. The molecule has 1 aliphatic heterocycles. The summed E-state index contributed by atoms with van der Waals surface area (Å²) in [5.74, 6) is 0.0176. The predicted octanol–water partition coefficient (Wildman–Crippen LogP) is 2.38. The number of nitrogens with one attached hydrogen (secondary N) is 1. The van der Waals surface area contributed by atoms with Crippen LogP contribution in [0.25, 0.3) is 0 Å². The Morgan fingerprint density at radius 3 is 2.84 bits per heavy atom. The smallest absolute Gasteiger partial charge is 0.247 e. The number of hydrogen-bond donors (Lipinski definition) is 2. The second-order valence-electron chi connectivity index (χ2n) is 5.79. The number of hydrogen-bond acceptors (Lipinski definition) is 5. The van der Waals surface area contributed by atoms with Crippen LogP contribution in [-0.2, 0) is 10.0 Å². The van der Waals surface area contributed by atoms with Gasteiger partial charge < -0.3 is 11.1 Å². The van der Waals surface area contributed by atoms with E-state index in [0.717, 1.165) is 11.1 Å². The van der Waals surface area contributed by atoms with Gasteiger partial charge in [0, 0.05) is 30.9 Å². The molecule has 0 radical (unpaired) electrons. The lowest BCUT2D eigenvalue weighted by Crippen LogP contribution is -2.48. The van der Waals surface area contributed by atoms with Gasteiger partial charge in [-0.05, 0) is 36.2 Å². The van der Waals surface area contributed by atoms with Crippen molar-refractivity contribution < 1.29 is 8.42 Å². The van der Waals surface area contributed by atoms with Crippen LogP contribution in [0.5, 0.6) is 0 Å². The van der Waals surface area contributed by atoms with Crippen LogP contribution < -0.4 is 11.1 Å². The number of nitrogens with zero attached hydrogens (tertiary/aromatic N) is 2. The molecular weight excluding hydrogens is 383 g/mol. The SMILES string of the molecule is Cc1cnc(N)c(S(=O)(=O)N2CCNCC2c2cccc(Cl)c2)c1.Cl. The average Bonchev–Trinajstić information content (AvgIpc) is 2.57. The molecule has 1 aromatic carbocycles. The van der Waals surface area contributed by atoms with Crippen LogP contribution in [0, 0.1) is 6.92 Å². The van der Waals surface area contributed by atoms with Crippen LogP contribution in [0.4, 0.5) is 5.82 Å². The number of nitrogen functional groups attached to an aromatic ring is 1. The Morgan fingerprint density at radius 1 is 1.36 bits per heavy atom. The summed E-state index contributed by atoms with van der Waals surface area (Å²) in [6, 6.07) is 8.47. The Kier molecular flexibility index (Phi) is 6.29. The van der Waals surface area contributed by atoms with Crippen LogP contribution >= 0.6 is 24.0 Å². The maximum atomic E-state index is 13.2. The molecule has 1 unspecified atom stereocenters. The standard InChI is InChI=1S/C16H19ClN4O2S.ClH/c1-11-7-15(16(18)20-9-11)24(22,23)21-6-5-19-10-14(21)12-3-2-4-13(17)8-12;/h2-4,7-9,14,19H,5-6,10H2,1H3,(H2,18,20);1H. The lowest BCUT2D eigenvalue weighted by Gasteiger charge is -2.35. The topological polar surface area (TPSA) is 88.3 Å². The highest BCUT2D eigenvalue weighted by atomic mass is 35.5. The van der Waals surface area contributed by atoms with Crippen molar-refractivity contribution in [3.8, 4) is 0 Å². The minimum absolute atomic E-state index is 0. The van der Waals surface area contributed by atoms with E-state index in [1.54, 1.807) is 31.3 Å². The Hall–Kier alpha value is -1.38. The highest BCUT2D eigenvalue weighted by molar-refractivity contribution is 7.89. The van der Waals surface area contributed by atoms with Crippen LogP contribution in [0.1, 0.15) is 17.2 Å². The minimum atomic E-state index is -3.76. The highest BCUT2D eigenvalue weighted by Gasteiger charge is 2.35. The number of nitrogens with two attached hydrogens (primary N) is 1. The molecule has 0 spiro atoms. The lowest BCUT2D eigenvalue weighted by atomic mass is 10.1. The third-order valence-electron chi connectivity index (χ3n) is 4.03. The van der Waals surface area contributed by atoms with Crippen molar-refractivity contribution in [3.05, 3.63) is 52.7 Å². The molecule has 1 saturated heterocycles. The molecule has 1 fully saturated rings. The first-order chi connectivity index (χ1) is 11.4. The fraction of sp³-hybridized carbons (Fsp3) is 0.312. The molecule has 2 heterocycles. The molecule has 3 N–H and O–H groups in total. The summed E-state index contributed by atoms with van der Waals surface area (Å²) in [4.78, 5) is 4.04. The van der Waals surface area contributed by atoms with E-state index in [1.165, 1.54) is 4.31 Å². The molecule has 0 bridgehead atoms. The molecule has 3 rings (SSSR count). The number of aromatic nitrogens is 1. The number of anilines is 1. The summed E-state index contributed by atoms with van der Waals surface area (Å²) in [6.45, 7) is 3.23. The quantitative estimate of drug-likeness (QED) is 0.822. The molecule has 1 atom stereocenters. The van der Waals surface area contributed by atoms with Crippen molar-refractivity contribution in [1.82, 2.24) is 14.6 Å². The maximum Gasteiger partial charge on any atom is 0.247 e. The number of aryl methyl sites for hydroxylation is 1. The Balaban J connectivity index is 0.00000225. The molecule has 0 amide bonds. The number of rotatable bonds is 3. The Bertz CT molecular complexity index is 861. The first kappa shape index (κ1) is 19.9. The van der Waals surface area contributed by atoms with Crippen molar-refractivity contribution in [1.29, 1.82) is 0 Å². The number of sulfonamides is 1. The van der Waals surface area contributed by atoms with E-state index in [-0.39, 0.29) is 29.2 Å². The zero-order chi connectivity index (χ0) is 17.3. The third-order valence-corrected chi connectivity index (χ3v) is 6.21. The summed E-state index contributed by atoms with van der Waals surface area (Å²) in [6.07, 6.45) is 1.56. The molecule has 2 aromatic rings. The molecule has 0 aliphatic carbocycles. The Morgan fingerprint density at radius 2 is 2.12 bits per heavy atom. The lowest BCUT2D eigenvalue weighted by molar-refractivity contribution is 0.271. The normalized spacial score (nSPS) is 18.6. The molecule has 9 heteroatoms. The van der Waals surface area contributed by atoms with Gasteiger partial charge in [-0.1, -0.05) is 23.7 Å². The maximum absolute atomic E-state index is 13.2. The summed E-state index contributed by atoms with van der Waals surface area (Å²) in [7, 11) is -3.76. The van der Waals surface area contributed by atoms with Gasteiger partial charge in [-0.2, -0.15) is 4.31 Å². The summed E-state index contributed by atoms with van der Waals surface area (Å²) in [5, 5.41) is 3.81. The van der Waals surface area contributed by atoms with Gasteiger partial charge in [0.05, 0.1) is 6.04 Å². The second-order valence-corrected chi connectivity index (χ2v) is 8.08. The molecular formula is C16H20Cl2N4O2S. The van der Waals surface area contributed by atoms with Crippen LogP contribution in [0.2, 0.25) is 5.02 Å². The van der Waals surface area contributed by atoms with E-state index in [0.29, 0.717) is 24.7 Å². The van der Waals surface area contributed by atoms with E-state index in [2.05, 4.69) is 10.3 Å².